The van der Waals surface area contributed by atoms with Crippen LogP contribution in [0.2, 0.25) is 0 Å². The molecule has 0 aliphatic carbocycles. The lowest BCUT2D eigenvalue weighted by Crippen LogP contribution is -2.22. The van der Waals surface area contributed by atoms with Crippen LogP contribution in [0, 0.1) is 0 Å². The fraction of sp³-hybridized carbons (Fsp3) is 1.00. The molecule has 0 aliphatic heterocycles. The number of nitrogens with one attached hydrogen (secondary N) is 1. The zero-order valence-corrected chi connectivity index (χ0v) is 5.10. The Morgan fingerprint density at radius 1 is 1.75 bits per heavy atom. The molecule has 0 atom stereocenters. The SMILES string of the molecule is CCONS(=O)(=O)O. The van der Waals surface area contributed by atoms with Gasteiger partial charge in [0, 0.05) is 0 Å². The Bertz CT molecular complexity index is 138. The molecular formula is C2H7NO4S. The zero-order chi connectivity index (χ0) is 6.62. The molecule has 0 radical (unpaired) electrons. The lowest BCUT2D eigenvalue weighted by Gasteiger charge is -1.95. The topological polar surface area (TPSA) is 75.6 Å². The van der Waals surface area contributed by atoms with Gasteiger partial charge in [-0.2, -0.15) is 8.42 Å². The first-order chi connectivity index (χ1) is 3.56. The van der Waals surface area contributed by atoms with Crippen LogP contribution in [0.25, 0.3) is 0 Å². The molecule has 0 rings (SSSR count). The van der Waals surface area contributed by atoms with E-state index in [1.807, 2.05) is 0 Å². The van der Waals surface area contributed by atoms with Crippen molar-refractivity contribution < 1.29 is 17.8 Å². The molecule has 0 aromatic carbocycles. The summed E-state index contributed by atoms with van der Waals surface area (Å²) < 4.78 is 27.3. The number of rotatable bonds is 3. The second kappa shape index (κ2) is 2.98. The predicted molar refractivity (Wildman–Crippen MR) is 26.3 cm³/mol. The molecule has 2 N–H and O–H groups in total. The zero-order valence-electron chi connectivity index (χ0n) is 4.29. The van der Waals surface area contributed by atoms with E-state index < -0.39 is 10.3 Å². The van der Waals surface area contributed by atoms with E-state index in [9.17, 15) is 8.42 Å². The second-order valence-electron chi connectivity index (χ2n) is 0.991. The van der Waals surface area contributed by atoms with Gasteiger partial charge in [0.15, 0.2) is 0 Å². The summed E-state index contributed by atoms with van der Waals surface area (Å²) in [5.74, 6) is 0. The predicted octanol–water partition coefficient (Wildman–Crippen LogP) is -0.670. The minimum Gasteiger partial charge on any atom is -0.286 e. The Morgan fingerprint density at radius 3 is 2.38 bits per heavy atom. The van der Waals surface area contributed by atoms with E-state index in [-0.39, 0.29) is 6.61 Å². The Balaban J connectivity index is 3.42. The van der Waals surface area contributed by atoms with Crippen molar-refractivity contribution in [2.24, 2.45) is 0 Å². The van der Waals surface area contributed by atoms with Crippen LogP contribution in [0.1, 0.15) is 6.92 Å². The van der Waals surface area contributed by atoms with E-state index in [1.54, 1.807) is 6.92 Å². The quantitative estimate of drug-likeness (QED) is 0.403. The van der Waals surface area contributed by atoms with Crippen molar-refractivity contribution in [1.29, 1.82) is 0 Å². The van der Waals surface area contributed by atoms with E-state index in [0.29, 0.717) is 0 Å². The monoisotopic (exact) mass is 141 g/mol. The van der Waals surface area contributed by atoms with Crippen LogP contribution in [-0.4, -0.2) is 19.6 Å². The molecule has 5 nitrogen and oxygen atoms in total. The van der Waals surface area contributed by atoms with E-state index >= 15 is 0 Å². The average molecular weight is 141 g/mol. The summed E-state index contributed by atoms with van der Waals surface area (Å²) in [6, 6.07) is 0. The van der Waals surface area contributed by atoms with Gasteiger partial charge in [-0.3, -0.25) is 9.39 Å². The molecule has 0 saturated heterocycles. The van der Waals surface area contributed by atoms with Crippen LogP contribution in [0.4, 0.5) is 0 Å². The van der Waals surface area contributed by atoms with Gasteiger partial charge in [-0.25, -0.2) is 0 Å². The van der Waals surface area contributed by atoms with Gasteiger partial charge < -0.3 is 0 Å². The molecule has 50 valence electrons. The van der Waals surface area contributed by atoms with Gasteiger partial charge in [0.1, 0.15) is 0 Å². The van der Waals surface area contributed by atoms with Gasteiger partial charge in [0.2, 0.25) is 0 Å². The molecule has 0 heterocycles. The molecule has 0 unspecified atom stereocenters. The van der Waals surface area contributed by atoms with Crippen molar-refractivity contribution in [3.8, 4) is 0 Å². The molecule has 0 amide bonds. The molecule has 0 aliphatic rings. The summed E-state index contributed by atoms with van der Waals surface area (Å²) in [6.07, 6.45) is 0. The Kier molecular flexibility index (Phi) is 2.91. The summed E-state index contributed by atoms with van der Waals surface area (Å²) in [5.41, 5.74) is 0. The first-order valence-electron chi connectivity index (χ1n) is 1.92. The molecule has 0 aromatic heterocycles. The molecule has 0 saturated carbocycles. The molecule has 0 spiro atoms. The van der Waals surface area contributed by atoms with Gasteiger partial charge in [-0.05, 0) is 6.92 Å². The van der Waals surface area contributed by atoms with Crippen molar-refractivity contribution in [1.82, 2.24) is 4.89 Å². The third kappa shape index (κ3) is 5.83. The van der Waals surface area contributed by atoms with Crippen LogP contribution >= 0.6 is 0 Å². The molecule has 6 heteroatoms. The lowest BCUT2D eigenvalue weighted by atomic mass is 10.9. The molecule has 0 aromatic rings. The molecule has 0 bridgehead atoms. The second-order valence-corrected chi connectivity index (χ2v) is 2.11. The van der Waals surface area contributed by atoms with Crippen molar-refractivity contribution >= 4 is 10.3 Å². The third-order valence-corrected chi connectivity index (χ3v) is 0.637. The maximum atomic E-state index is 9.71. The highest BCUT2D eigenvalue weighted by atomic mass is 32.2. The third-order valence-electron chi connectivity index (χ3n) is 0.309. The van der Waals surface area contributed by atoms with Gasteiger partial charge in [-0.15, -0.1) is 0 Å². The van der Waals surface area contributed by atoms with Crippen molar-refractivity contribution in [3.05, 3.63) is 0 Å². The first-order valence-corrected chi connectivity index (χ1v) is 3.36. The van der Waals surface area contributed by atoms with E-state index in [4.69, 9.17) is 4.55 Å². The molecular weight excluding hydrogens is 134 g/mol. The van der Waals surface area contributed by atoms with Gasteiger partial charge in [-0.1, -0.05) is 4.89 Å². The maximum absolute atomic E-state index is 9.71. The summed E-state index contributed by atoms with van der Waals surface area (Å²) >= 11 is 0. The fourth-order valence-corrected chi connectivity index (χ4v) is 0.400. The highest BCUT2D eigenvalue weighted by Crippen LogP contribution is 1.71. The van der Waals surface area contributed by atoms with E-state index in [0.717, 1.165) is 0 Å². The summed E-state index contributed by atoms with van der Waals surface area (Å²) in [5, 5.41) is 0. The van der Waals surface area contributed by atoms with Crippen molar-refractivity contribution in [2.75, 3.05) is 6.61 Å². The summed E-state index contributed by atoms with van der Waals surface area (Å²) in [7, 11) is -4.16. The molecule has 0 fully saturated rings. The molecule has 8 heavy (non-hydrogen) atoms. The summed E-state index contributed by atoms with van der Waals surface area (Å²) in [4.78, 5) is 5.51. The number of hydrogen-bond acceptors (Lipinski definition) is 3. The maximum Gasteiger partial charge on any atom is 0.355 e. The lowest BCUT2D eigenvalue weighted by molar-refractivity contribution is 0.0982. The highest BCUT2D eigenvalue weighted by Gasteiger charge is 1.98. The van der Waals surface area contributed by atoms with Crippen LogP contribution in [0.15, 0.2) is 0 Å². The van der Waals surface area contributed by atoms with E-state index in [1.165, 1.54) is 4.89 Å². The van der Waals surface area contributed by atoms with Crippen molar-refractivity contribution in [3.63, 3.8) is 0 Å². The number of hydrogen-bond donors (Lipinski definition) is 2. The van der Waals surface area contributed by atoms with Crippen molar-refractivity contribution in [2.45, 2.75) is 6.92 Å². The van der Waals surface area contributed by atoms with Crippen LogP contribution in [-0.2, 0) is 15.1 Å². The summed E-state index contributed by atoms with van der Waals surface area (Å²) in [6.45, 7) is 1.76. The Hall–Kier alpha value is -0.170. The van der Waals surface area contributed by atoms with Gasteiger partial charge >= 0.3 is 10.3 Å². The normalized spacial score (nSPS) is 11.8. The fourth-order valence-electron chi connectivity index (χ4n) is 0.133. The first kappa shape index (κ1) is 7.83. The van der Waals surface area contributed by atoms with Crippen LogP contribution in [0.3, 0.4) is 0 Å². The van der Waals surface area contributed by atoms with E-state index in [2.05, 4.69) is 4.84 Å². The van der Waals surface area contributed by atoms with Crippen LogP contribution < -0.4 is 4.89 Å². The minimum atomic E-state index is -4.16. The van der Waals surface area contributed by atoms with Gasteiger partial charge in [0.25, 0.3) is 0 Å². The van der Waals surface area contributed by atoms with Gasteiger partial charge in [0.05, 0.1) is 6.61 Å². The van der Waals surface area contributed by atoms with Crippen LogP contribution in [0.5, 0.6) is 0 Å². The largest absolute Gasteiger partial charge is 0.355 e. The minimum absolute atomic E-state index is 0.180. The Labute approximate surface area is 47.5 Å². The average Bonchev–Trinajstić information content (AvgIpc) is 1.59. The Morgan fingerprint density at radius 2 is 2.25 bits per heavy atom. The smallest absolute Gasteiger partial charge is 0.286 e. The standard InChI is InChI=1S/C2H7NO4S/c1-2-7-3-8(4,5)6/h3H,2H2,1H3,(H,4,5,6). The highest BCUT2D eigenvalue weighted by molar-refractivity contribution is 7.83.